The first kappa shape index (κ1) is 17.0. The van der Waals surface area contributed by atoms with Gasteiger partial charge < -0.3 is 10.4 Å². The molecule has 6 nitrogen and oxygen atoms in total. The fraction of sp³-hybridized carbons (Fsp3) is 0.167. The van der Waals surface area contributed by atoms with Gasteiger partial charge in [0, 0.05) is 6.42 Å². The number of nitrogens with zero attached hydrogens (tertiary/aromatic N) is 1. The first-order valence-corrected chi connectivity index (χ1v) is 8.53. The van der Waals surface area contributed by atoms with Gasteiger partial charge in [0.25, 0.3) is 5.24 Å². The summed E-state index contributed by atoms with van der Waals surface area (Å²) in [5, 5.41) is 11.1. The Bertz CT molecular complexity index is 835. The molecule has 1 aliphatic heterocycles. The maximum atomic E-state index is 12.5. The number of phenolic OH excluding ortho intramolecular Hbond substituents is 1. The summed E-state index contributed by atoms with van der Waals surface area (Å²) in [6.45, 7) is 1.91. The number of aryl methyl sites for hydroxylation is 1. The van der Waals surface area contributed by atoms with E-state index in [0.717, 1.165) is 22.2 Å². The molecule has 2 N–H and O–H groups in total. The zero-order valence-electron chi connectivity index (χ0n) is 13.4. The molecule has 0 aromatic heterocycles. The fourth-order valence-corrected chi connectivity index (χ4v) is 3.45. The Labute approximate surface area is 148 Å². The third-order valence-electron chi connectivity index (χ3n) is 3.76. The van der Waals surface area contributed by atoms with Crippen LogP contribution in [0.25, 0.3) is 0 Å². The highest BCUT2D eigenvalue weighted by Gasteiger charge is 2.41. The van der Waals surface area contributed by atoms with Crippen LogP contribution in [0, 0.1) is 6.92 Å². The Morgan fingerprint density at radius 1 is 1.16 bits per heavy atom. The number of nitrogens with one attached hydrogen (secondary N) is 1. The first-order chi connectivity index (χ1) is 12.0. The molecule has 1 fully saturated rings. The average Bonchev–Trinajstić information content (AvgIpc) is 2.84. The predicted octanol–water partition coefficient (Wildman–Crippen LogP) is 3.30. The highest BCUT2D eigenvalue weighted by atomic mass is 32.2. The van der Waals surface area contributed by atoms with E-state index in [1.54, 1.807) is 30.3 Å². The van der Waals surface area contributed by atoms with E-state index >= 15 is 0 Å². The van der Waals surface area contributed by atoms with Crippen LogP contribution in [-0.4, -0.2) is 27.4 Å². The number of amides is 3. The molecule has 7 heteroatoms. The van der Waals surface area contributed by atoms with Gasteiger partial charge in [-0.3, -0.25) is 14.4 Å². The quantitative estimate of drug-likeness (QED) is 0.821. The second kappa shape index (κ2) is 6.98. The first-order valence-electron chi connectivity index (χ1n) is 7.65. The van der Waals surface area contributed by atoms with Crippen molar-refractivity contribution in [3.8, 4) is 5.75 Å². The molecule has 1 saturated heterocycles. The molecule has 0 spiro atoms. The number of rotatable bonds is 4. The average molecular weight is 356 g/mol. The molecule has 3 amide bonds. The minimum absolute atomic E-state index is 0.0568. The lowest BCUT2D eigenvalue weighted by Gasteiger charge is -2.14. The van der Waals surface area contributed by atoms with Crippen LogP contribution in [0.4, 0.5) is 16.2 Å². The topological polar surface area (TPSA) is 86.7 Å². The van der Waals surface area contributed by atoms with Crippen LogP contribution in [0.1, 0.15) is 12.0 Å². The van der Waals surface area contributed by atoms with Crippen LogP contribution in [0.15, 0.2) is 48.5 Å². The van der Waals surface area contributed by atoms with Gasteiger partial charge in [0.15, 0.2) is 0 Å². The molecule has 2 aromatic rings. The van der Waals surface area contributed by atoms with Gasteiger partial charge in [-0.25, -0.2) is 4.90 Å². The van der Waals surface area contributed by atoms with Crippen molar-refractivity contribution in [1.29, 1.82) is 0 Å². The van der Waals surface area contributed by atoms with Crippen molar-refractivity contribution in [2.75, 3.05) is 10.2 Å². The van der Waals surface area contributed by atoms with Crippen molar-refractivity contribution in [3.63, 3.8) is 0 Å². The summed E-state index contributed by atoms with van der Waals surface area (Å²) < 4.78 is 0. The van der Waals surface area contributed by atoms with Gasteiger partial charge in [-0.15, -0.1) is 0 Å². The maximum absolute atomic E-state index is 12.5. The summed E-state index contributed by atoms with van der Waals surface area (Å²) >= 11 is 0.838. The highest BCUT2D eigenvalue weighted by Crippen LogP contribution is 2.34. The minimum atomic E-state index is -0.778. The molecular formula is C18H16N2O4S. The van der Waals surface area contributed by atoms with Crippen LogP contribution < -0.4 is 10.2 Å². The number of phenols is 1. The molecule has 1 unspecified atom stereocenters. The number of hydrogen-bond donors (Lipinski definition) is 2. The van der Waals surface area contributed by atoms with Crippen LogP contribution >= 0.6 is 11.8 Å². The van der Waals surface area contributed by atoms with Crippen LogP contribution in [0.5, 0.6) is 5.75 Å². The number of thioether (sulfide) groups is 1. The lowest BCUT2D eigenvalue weighted by Crippen LogP contribution is -2.32. The molecule has 25 heavy (non-hydrogen) atoms. The van der Waals surface area contributed by atoms with Crippen molar-refractivity contribution < 1.29 is 19.5 Å². The molecule has 1 aliphatic rings. The zero-order chi connectivity index (χ0) is 18.0. The van der Waals surface area contributed by atoms with Crippen molar-refractivity contribution >= 4 is 40.2 Å². The second-order valence-corrected chi connectivity index (χ2v) is 6.81. The van der Waals surface area contributed by atoms with E-state index < -0.39 is 22.3 Å². The second-order valence-electron chi connectivity index (χ2n) is 5.65. The Hall–Kier alpha value is -2.80. The molecule has 3 rings (SSSR count). The van der Waals surface area contributed by atoms with Gasteiger partial charge in [0.2, 0.25) is 11.8 Å². The summed E-state index contributed by atoms with van der Waals surface area (Å²) in [5.41, 5.74) is 1.79. The third kappa shape index (κ3) is 3.66. The lowest BCUT2D eigenvalue weighted by molar-refractivity contribution is -0.121. The Morgan fingerprint density at radius 2 is 1.84 bits per heavy atom. The molecular weight excluding hydrogens is 340 g/mol. The molecule has 0 radical (unpaired) electrons. The number of carbonyl (C=O) groups is 3. The van der Waals surface area contributed by atoms with Gasteiger partial charge in [0.05, 0.1) is 11.4 Å². The summed E-state index contributed by atoms with van der Waals surface area (Å²) in [6.07, 6.45) is -0.147. The number of benzene rings is 2. The van der Waals surface area contributed by atoms with Crippen LogP contribution in [0.3, 0.4) is 0 Å². The number of hydrogen-bond acceptors (Lipinski definition) is 5. The maximum Gasteiger partial charge on any atom is 0.293 e. The minimum Gasteiger partial charge on any atom is -0.506 e. The van der Waals surface area contributed by atoms with E-state index in [0.29, 0.717) is 5.69 Å². The van der Waals surface area contributed by atoms with Crippen LogP contribution in [0.2, 0.25) is 0 Å². The summed E-state index contributed by atoms with van der Waals surface area (Å²) in [4.78, 5) is 37.9. The molecule has 1 heterocycles. The van der Waals surface area contributed by atoms with Crippen molar-refractivity contribution in [3.05, 3.63) is 54.1 Å². The lowest BCUT2D eigenvalue weighted by atomic mass is 10.2. The number of para-hydroxylation sites is 2. The van der Waals surface area contributed by atoms with E-state index in [1.165, 1.54) is 6.07 Å². The largest absolute Gasteiger partial charge is 0.506 e. The van der Waals surface area contributed by atoms with Crippen molar-refractivity contribution in [2.45, 2.75) is 18.6 Å². The molecule has 0 bridgehead atoms. The zero-order valence-corrected chi connectivity index (χ0v) is 14.2. The van der Waals surface area contributed by atoms with E-state index in [9.17, 15) is 19.5 Å². The molecule has 0 saturated carbocycles. The Morgan fingerprint density at radius 3 is 2.52 bits per heavy atom. The van der Waals surface area contributed by atoms with Crippen LogP contribution in [-0.2, 0) is 9.59 Å². The monoisotopic (exact) mass is 356 g/mol. The van der Waals surface area contributed by atoms with Gasteiger partial charge in [0.1, 0.15) is 11.0 Å². The SMILES string of the molecule is Cc1ccc(N2C(=O)SC(CC(=O)Nc3ccccc3O)C2=O)cc1. The smallest absolute Gasteiger partial charge is 0.293 e. The standard InChI is InChI=1S/C18H16N2O4S/c1-11-6-8-12(9-7-11)20-17(23)15(25-18(20)24)10-16(22)19-13-4-2-3-5-14(13)21/h2-9,15,21H,10H2,1H3,(H,19,22). The summed E-state index contributed by atoms with van der Waals surface area (Å²) in [7, 11) is 0. The Balaban J connectivity index is 1.69. The molecule has 2 aromatic carbocycles. The summed E-state index contributed by atoms with van der Waals surface area (Å²) in [6, 6.07) is 13.4. The van der Waals surface area contributed by atoms with E-state index in [-0.39, 0.29) is 17.9 Å². The number of aromatic hydroxyl groups is 1. The Kier molecular flexibility index (Phi) is 4.76. The fourth-order valence-electron chi connectivity index (χ4n) is 2.46. The van der Waals surface area contributed by atoms with Gasteiger partial charge in [-0.2, -0.15) is 0 Å². The number of carbonyl (C=O) groups excluding carboxylic acids is 3. The summed E-state index contributed by atoms with van der Waals surface area (Å²) in [5.74, 6) is -0.907. The van der Waals surface area contributed by atoms with Gasteiger partial charge >= 0.3 is 0 Å². The predicted molar refractivity (Wildman–Crippen MR) is 96.8 cm³/mol. The molecule has 1 atom stereocenters. The van der Waals surface area contributed by atoms with E-state index in [1.807, 2.05) is 19.1 Å². The van der Waals surface area contributed by atoms with Gasteiger partial charge in [-0.05, 0) is 43.0 Å². The molecule has 0 aliphatic carbocycles. The number of anilines is 2. The van der Waals surface area contributed by atoms with Crippen molar-refractivity contribution in [1.82, 2.24) is 0 Å². The third-order valence-corrected chi connectivity index (χ3v) is 4.80. The van der Waals surface area contributed by atoms with E-state index in [2.05, 4.69) is 5.32 Å². The van der Waals surface area contributed by atoms with Crippen molar-refractivity contribution in [2.24, 2.45) is 0 Å². The van der Waals surface area contributed by atoms with Gasteiger partial charge in [-0.1, -0.05) is 29.8 Å². The normalized spacial score (nSPS) is 17.0. The van der Waals surface area contributed by atoms with E-state index in [4.69, 9.17) is 0 Å². The highest BCUT2D eigenvalue weighted by molar-refractivity contribution is 8.15. The molecule has 128 valence electrons. The number of imide groups is 1.